The summed E-state index contributed by atoms with van der Waals surface area (Å²) in [5, 5.41) is 0. The molecule has 1 saturated heterocycles. The lowest BCUT2D eigenvalue weighted by atomic mass is 10.0. The second-order valence-electron chi connectivity index (χ2n) is 6.05. The first kappa shape index (κ1) is 12.6. The Morgan fingerprint density at radius 3 is 2.33 bits per heavy atom. The van der Waals surface area contributed by atoms with E-state index in [1.54, 1.807) is 0 Å². The molecule has 1 aromatic carbocycles. The fourth-order valence-corrected chi connectivity index (χ4v) is 3.31. The molecule has 5 nitrogen and oxygen atoms in total. The summed E-state index contributed by atoms with van der Waals surface area (Å²) in [6, 6.07) is 10.9. The lowest BCUT2D eigenvalue weighted by Crippen LogP contribution is -2.56. The molecule has 0 radical (unpaired) electrons. The normalized spacial score (nSPS) is 18.6. The summed E-state index contributed by atoms with van der Waals surface area (Å²) in [5.74, 6) is 1.68. The summed E-state index contributed by atoms with van der Waals surface area (Å²) in [4.78, 5) is 11.0. The summed E-state index contributed by atoms with van der Waals surface area (Å²) in [5.41, 5.74) is 15.6. The first-order chi connectivity index (χ1) is 10.2. The first-order valence-corrected chi connectivity index (χ1v) is 7.41. The van der Waals surface area contributed by atoms with Gasteiger partial charge in [0.15, 0.2) is 0 Å². The smallest absolute Gasteiger partial charge is 0.222 e. The van der Waals surface area contributed by atoms with Gasteiger partial charge in [-0.2, -0.15) is 4.98 Å². The maximum atomic E-state index is 5.90. The minimum absolute atomic E-state index is 0.250. The van der Waals surface area contributed by atoms with Gasteiger partial charge in [-0.05, 0) is 24.0 Å². The average Bonchev–Trinajstić information content (AvgIpc) is 2.87. The number of nitrogens with two attached hydrogens (primary N) is 2. The number of benzene rings is 1. The Labute approximate surface area is 124 Å². The molecule has 4 N–H and O–H groups in total. The molecule has 0 amide bonds. The van der Waals surface area contributed by atoms with Gasteiger partial charge < -0.3 is 16.4 Å². The van der Waals surface area contributed by atoms with Crippen LogP contribution in [0.2, 0.25) is 0 Å². The van der Waals surface area contributed by atoms with Crippen LogP contribution >= 0.6 is 0 Å². The quantitative estimate of drug-likeness (QED) is 0.861. The van der Waals surface area contributed by atoms with Gasteiger partial charge in [0.2, 0.25) is 5.95 Å². The largest absolute Gasteiger partial charge is 0.368 e. The van der Waals surface area contributed by atoms with Gasteiger partial charge >= 0.3 is 0 Å². The molecule has 0 unspecified atom stereocenters. The molecule has 21 heavy (non-hydrogen) atoms. The van der Waals surface area contributed by atoms with Crippen molar-refractivity contribution in [3.63, 3.8) is 0 Å². The molecule has 0 spiro atoms. The predicted octanol–water partition coefficient (Wildman–Crippen LogP) is 1.09. The van der Waals surface area contributed by atoms with Crippen LogP contribution in [0.3, 0.4) is 0 Å². The second-order valence-corrected chi connectivity index (χ2v) is 6.05. The van der Waals surface area contributed by atoms with E-state index in [4.69, 9.17) is 11.5 Å². The highest BCUT2D eigenvalue weighted by Gasteiger charge is 2.28. The number of anilines is 2. The van der Waals surface area contributed by atoms with Crippen molar-refractivity contribution in [2.45, 2.75) is 24.8 Å². The van der Waals surface area contributed by atoms with E-state index in [1.807, 2.05) is 0 Å². The van der Waals surface area contributed by atoms with Crippen molar-refractivity contribution in [1.82, 2.24) is 9.97 Å². The van der Waals surface area contributed by atoms with Crippen LogP contribution in [0, 0.1) is 0 Å². The van der Waals surface area contributed by atoms with Crippen LogP contribution in [0.5, 0.6) is 0 Å². The molecule has 108 valence electrons. The molecular formula is C16H19N5. The van der Waals surface area contributed by atoms with E-state index in [-0.39, 0.29) is 6.04 Å². The SMILES string of the molecule is Nc1nc(C2Cc3ccccc3C2)cc(N2CC(N)C2)n1. The molecule has 5 heteroatoms. The number of fused-ring (bicyclic) bond motifs is 1. The monoisotopic (exact) mass is 281 g/mol. The van der Waals surface area contributed by atoms with E-state index in [0.717, 1.165) is 37.4 Å². The van der Waals surface area contributed by atoms with Crippen LogP contribution in [-0.4, -0.2) is 29.1 Å². The van der Waals surface area contributed by atoms with E-state index >= 15 is 0 Å². The summed E-state index contributed by atoms with van der Waals surface area (Å²) < 4.78 is 0. The Morgan fingerprint density at radius 1 is 1.05 bits per heavy atom. The lowest BCUT2D eigenvalue weighted by Gasteiger charge is -2.38. The zero-order valence-electron chi connectivity index (χ0n) is 11.9. The van der Waals surface area contributed by atoms with Gasteiger partial charge in [-0.25, -0.2) is 4.98 Å². The summed E-state index contributed by atoms with van der Waals surface area (Å²) in [6.45, 7) is 1.70. The van der Waals surface area contributed by atoms with Gasteiger partial charge in [0, 0.05) is 31.1 Å². The first-order valence-electron chi connectivity index (χ1n) is 7.41. The van der Waals surface area contributed by atoms with Crippen molar-refractivity contribution in [3.8, 4) is 0 Å². The van der Waals surface area contributed by atoms with Gasteiger partial charge in [0.25, 0.3) is 0 Å². The van der Waals surface area contributed by atoms with Crippen LogP contribution in [0.1, 0.15) is 22.7 Å². The number of aromatic nitrogens is 2. The molecular weight excluding hydrogens is 262 g/mol. The fraction of sp³-hybridized carbons (Fsp3) is 0.375. The third-order valence-electron chi connectivity index (χ3n) is 4.45. The number of nitrogens with zero attached hydrogens (tertiary/aromatic N) is 3. The van der Waals surface area contributed by atoms with E-state index < -0.39 is 0 Å². The number of hydrogen-bond acceptors (Lipinski definition) is 5. The molecule has 0 saturated carbocycles. The number of rotatable bonds is 2. The molecule has 1 aliphatic heterocycles. The van der Waals surface area contributed by atoms with E-state index in [9.17, 15) is 0 Å². The predicted molar refractivity (Wildman–Crippen MR) is 83.2 cm³/mol. The van der Waals surface area contributed by atoms with Gasteiger partial charge in [-0.3, -0.25) is 0 Å². The third kappa shape index (κ3) is 2.23. The standard InChI is InChI=1S/C16H19N5/c17-13-8-21(9-13)15-7-14(19-16(18)20-15)12-5-10-3-1-2-4-11(10)6-12/h1-4,7,12-13H,5-6,8-9,17H2,(H2,18,19,20). The molecule has 0 atom stereocenters. The zero-order valence-corrected chi connectivity index (χ0v) is 11.9. The van der Waals surface area contributed by atoms with Crippen molar-refractivity contribution in [2.75, 3.05) is 23.7 Å². The highest BCUT2D eigenvalue weighted by molar-refractivity contribution is 5.48. The van der Waals surface area contributed by atoms with Crippen molar-refractivity contribution >= 4 is 11.8 Å². The van der Waals surface area contributed by atoms with E-state index in [2.05, 4.69) is 45.2 Å². The van der Waals surface area contributed by atoms with Crippen LogP contribution in [0.4, 0.5) is 11.8 Å². The van der Waals surface area contributed by atoms with Gasteiger partial charge in [-0.1, -0.05) is 24.3 Å². The fourth-order valence-electron chi connectivity index (χ4n) is 3.31. The van der Waals surface area contributed by atoms with Crippen molar-refractivity contribution < 1.29 is 0 Å². The van der Waals surface area contributed by atoms with Gasteiger partial charge in [0.1, 0.15) is 5.82 Å². The van der Waals surface area contributed by atoms with E-state index in [1.165, 1.54) is 11.1 Å². The molecule has 1 fully saturated rings. The molecule has 1 aliphatic carbocycles. The van der Waals surface area contributed by atoms with Crippen molar-refractivity contribution in [2.24, 2.45) is 5.73 Å². The molecule has 4 rings (SSSR count). The maximum absolute atomic E-state index is 5.90. The highest BCUT2D eigenvalue weighted by Crippen LogP contribution is 2.34. The van der Waals surface area contributed by atoms with Crippen LogP contribution in [0.25, 0.3) is 0 Å². The average molecular weight is 281 g/mol. The Hall–Kier alpha value is -2.14. The molecule has 0 bridgehead atoms. The highest BCUT2D eigenvalue weighted by atomic mass is 15.3. The van der Waals surface area contributed by atoms with Gasteiger partial charge in [-0.15, -0.1) is 0 Å². The van der Waals surface area contributed by atoms with Gasteiger partial charge in [0.05, 0.1) is 5.69 Å². The molecule has 1 aromatic heterocycles. The summed E-state index contributed by atoms with van der Waals surface area (Å²) >= 11 is 0. The number of hydrogen-bond donors (Lipinski definition) is 2. The summed E-state index contributed by atoms with van der Waals surface area (Å²) in [7, 11) is 0. The van der Waals surface area contributed by atoms with Crippen molar-refractivity contribution in [3.05, 3.63) is 47.2 Å². The van der Waals surface area contributed by atoms with E-state index in [0.29, 0.717) is 11.9 Å². The Kier molecular flexibility index (Phi) is 2.82. The zero-order chi connectivity index (χ0) is 14.4. The maximum Gasteiger partial charge on any atom is 0.222 e. The minimum Gasteiger partial charge on any atom is -0.368 e. The Morgan fingerprint density at radius 2 is 1.71 bits per heavy atom. The topological polar surface area (TPSA) is 81.1 Å². The molecule has 2 heterocycles. The summed E-state index contributed by atoms with van der Waals surface area (Å²) in [6.07, 6.45) is 2.07. The third-order valence-corrected chi connectivity index (χ3v) is 4.45. The molecule has 2 aromatic rings. The van der Waals surface area contributed by atoms with Crippen LogP contribution < -0.4 is 16.4 Å². The minimum atomic E-state index is 0.250. The van der Waals surface area contributed by atoms with Crippen molar-refractivity contribution in [1.29, 1.82) is 0 Å². The molecule has 2 aliphatic rings. The van der Waals surface area contributed by atoms with Crippen LogP contribution in [0.15, 0.2) is 30.3 Å². The second kappa shape index (κ2) is 4.70. The number of nitrogen functional groups attached to an aromatic ring is 1. The van der Waals surface area contributed by atoms with Crippen LogP contribution in [-0.2, 0) is 12.8 Å². The Balaban J connectivity index is 1.61. The Bertz CT molecular complexity index is 653. The lowest BCUT2D eigenvalue weighted by molar-refractivity contribution is 0.513.